The number of para-hydroxylation sites is 1. The van der Waals surface area contributed by atoms with Gasteiger partial charge in [-0.25, -0.2) is 0 Å². The third-order valence-corrected chi connectivity index (χ3v) is 5.96. The van der Waals surface area contributed by atoms with Crippen molar-refractivity contribution >= 4 is 11.8 Å². The van der Waals surface area contributed by atoms with Crippen molar-refractivity contribution < 1.29 is 13.9 Å². The second-order valence-corrected chi connectivity index (χ2v) is 9.26. The molecule has 0 aliphatic carbocycles. The summed E-state index contributed by atoms with van der Waals surface area (Å²) in [5.74, 6) is 4.45. The van der Waals surface area contributed by atoms with Gasteiger partial charge < -0.3 is 18.8 Å². The molecule has 0 bridgehead atoms. The van der Waals surface area contributed by atoms with Crippen molar-refractivity contribution in [1.29, 1.82) is 0 Å². The molecule has 3 rings (SSSR count). The molecule has 0 radical (unpaired) electrons. The highest BCUT2D eigenvalue weighted by atomic mass is 32.2. The van der Waals surface area contributed by atoms with Crippen LogP contribution in [-0.2, 0) is 5.75 Å². The SMILES string of the molecule is CN(C)CCCCCCCOc1ccc(-c2nnc(CSCCOc3ccccc3)o2)cc1. The maximum absolute atomic E-state index is 5.86. The molecule has 0 aliphatic rings. The maximum Gasteiger partial charge on any atom is 0.247 e. The molecule has 0 saturated heterocycles. The molecule has 0 atom stereocenters. The van der Waals surface area contributed by atoms with Crippen LogP contribution in [0.4, 0.5) is 0 Å². The Morgan fingerprint density at radius 1 is 0.788 bits per heavy atom. The number of hydrogen-bond acceptors (Lipinski definition) is 7. The van der Waals surface area contributed by atoms with E-state index < -0.39 is 0 Å². The first kappa shape index (κ1) is 25.1. The largest absolute Gasteiger partial charge is 0.494 e. The molecule has 1 heterocycles. The Bertz CT molecular complexity index is 901. The predicted octanol–water partition coefficient (Wildman–Crippen LogP) is 5.94. The van der Waals surface area contributed by atoms with Crippen LogP contribution in [0.15, 0.2) is 59.0 Å². The molecule has 0 spiro atoms. The van der Waals surface area contributed by atoms with Gasteiger partial charge in [-0.3, -0.25) is 0 Å². The lowest BCUT2D eigenvalue weighted by Crippen LogP contribution is -2.12. The fourth-order valence-corrected chi connectivity index (χ4v) is 3.90. The van der Waals surface area contributed by atoms with Gasteiger partial charge in [0.2, 0.25) is 11.8 Å². The summed E-state index contributed by atoms with van der Waals surface area (Å²) in [5.41, 5.74) is 0.902. The van der Waals surface area contributed by atoms with Crippen molar-refractivity contribution in [2.24, 2.45) is 0 Å². The van der Waals surface area contributed by atoms with Crippen molar-refractivity contribution in [2.45, 2.75) is 37.9 Å². The van der Waals surface area contributed by atoms with E-state index in [4.69, 9.17) is 13.9 Å². The topological polar surface area (TPSA) is 60.6 Å². The molecule has 178 valence electrons. The Hall–Kier alpha value is -2.51. The van der Waals surface area contributed by atoms with Gasteiger partial charge in [-0.1, -0.05) is 37.5 Å². The average molecular weight is 470 g/mol. The first-order chi connectivity index (χ1) is 16.2. The van der Waals surface area contributed by atoms with Crippen molar-refractivity contribution in [1.82, 2.24) is 15.1 Å². The summed E-state index contributed by atoms with van der Waals surface area (Å²) in [6.07, 6.45) is 6.14. The van der Waals surface area contributed by atoms with Crippen LogP contribution in [0.5, 0.6) is 11.5 Å². The minimum Gasteiger partial charge on any atom is -0.494 e. The summed E-state index contributed by atoms with van der Waals surface area (Å²) in [7, 11) is 4.25. The van der Waals surface area contributed by atoms with E-state index in [2.05, 4.69) is 29.2 Å². The molecule has 0 unspecified atom stereocenters. The smallest absolute Gasteiger partial charge is 0.247 e. The van der Waals surface area contributed by atoms with E-state index in [1.165, 1.54) is 32.2 Å². The van der Waals surface area contributed by atoms with Crippen LogP contribution in [-0.4, -0.2) is 54.7 Å². The van der Waals surface area contributed by atoms with Crippen molar-refractivity contribution in [3.05, 3.63) is 60.5 Å². The molecular formula is C26H35N3O3S. The number of aromatic nitrogens is 2. The molecule has 6 nitrogen and oxygen atoms in total. The van der Waals surface area contributed by atoms with E-state index in [0.717, 1.165) is 35.8 Å². The first-order valence-corrected chi connectivity index (χ1v) is 12.8. The number of benzene rings is 2. The number of hydrogen-bond donors (Lipinski definition) is 0. The summed E-state index contributed by atoms with van der Waals surface area (Å²) in [6, 6.07) is 17.7. The Labute approximate surface area is 201 Å². The molecule has 7 heteroatoms. The predicted molar refractivity (Wildman–Crippen MR) is 135 cm³/mol. The second-order valence-electron chi connectivity index (χ2n) is 8.16. The minimum atomic E-state index is 0.537. The molecule has 0 N–H and O–H groups in total. The second kappa shape index (κ2) is 14.6. The van der Waals surface area contributed by atoms with Crippen LogP contribution in [0.2, 0.25) is 0 Å². The molecule has 0 amide bonds. The fraction of sp³-hybridized carbons (Fsp3) is 0.462. The van der Waals surface area contributed by atoms with Crippen molar-refractivity contribution in [3.8, 4) is 23.0 Å². The zero-order valence-electron chi connectivity index (χ0n) is 19.7. The number of nitrogens with zero attached hydrogens (tertiary/aromatic N) is 3. The van der Waals surface area contributed by atoms with E-state index in [1.807, 2.05) is 54.6 Å². The number of unbranched alkanes of at least 4 members (excludes halogenated alkanes) is 4. The highest BCUT2D eigenvalue weighted by Crippen LogP contribution is 2.23. The van der Waals surface area contributed by atoms with Crippen molar-refractivity contribution in [3.63, 3.8) is 0 Å². The normalized spacial score (nSPS) is 11.1. The molecule has 3 aromatic rings. The number of rotatable bonds is 16. The number of thioether (sulfide) groups is 1. The van der Waals surface area contributed by atoms with Gasteiger partial charge in [-0.15, -0.1) is 22.0 Å². The van der Waals surface area contributed by atoms with Crippen LogP contribution in [0.3, 0.4) is 0 Å². The molecule has 2 aromatic carbocycles. The third-order valence-electron chi connectivity index (χ3n) is 5.05. The van der Waals surface area contributed by atoms with E-state index in [9.17, 15) is 0 Å². The van der Waals surface area contributed by atoms with Gasteiger partial charge in [0.05, 0.1) is 19.0 Å². The van der Waals surface area contributed by atoms with Gasteiger partial charge in [0.25, 0.3) is 0 Å². The summed E-state index contributed by atoms with van der Waals surface area (Å²) in [5, 5.41) is 8.34. The molecule has 33 heavy (non-hydrogen) atoms. The maximum atomic E-state index is 5.86. The lowest BCUT2D eigenvalue weighted by molar-refractivity contribution is 0.303. The van der Waals surface area contributed by atoms with E-state index >= 15 is 0 Å². The average Bonchev–Trinajstić information content (AvgIpc) is 3.30. The third kappa shape index (κ3) is 9.88. The van der Waals surface area contributed by atoms with Crippen LogP contribution >= 0.6 is 11.8 Å². The van der Waals surface area contributed by atoms with E-state index in [-0.39, 0.29) is 0 Å². The molecular weight excluding hydrogens is 434 g/mol. The van der Waals surface area contributed by atoms with E-state index in [0.29, 0.717) is 24.1 Å². The summed E-state index contributed by atoms with van der Waals surface area (Å²) in [4.78, 5) is 2.24. The zero-order valence-corrected chi connectivity index (χ0v) is 20.6. The highest BCUT2D eigenvalue weighted by Gasteiger charge is 2.09. The molecule has 0 aliphatic heterocycles. The highest BCUT2D eigenvalue weighted by molar-refractivity contribution is 7.98. The Morgan fingerprint density at radius 2 is 1.48 bits per heavy atom. The minimum absolute atomic E-state index is 0.537. The summed E-state index contributed by atoms with van der Waals surface area (Å²) >= 11 is 1.71. The van der Waals surface area contributed by atoms with Gasteiger partial charge in [-0.2, -0.15) is 0 Å². The zero-order chi connectivity index (χ0) is 23.1. The lowest BCUT2D eigenvalue weighted by Gasteiger charge is -2.09. The number of ether oxygens (including phenoxy) is 2. The van der Waals surface area contributed by atoms with E-state index in [1.54, 1.807) is 11.8 Å². The standard InChI is InChI=1S/C26H35N3O3S/c1-29(2)17-9-4-3-5-10-18-30-24-15-13-22(14-16-24)26-28-27-25(32-26)21-33-20-19-31-23-11-7-6-8-12-23/h6-8,11-16H,3-5,9-10,17-21H2,1-2H3. The quantitative estimate of drug-likeness (QED) is 0.241. The van der Waals surface area contributed by atoms with Gasteiger partial charge >= 0.3 is 0 Å². The molecule has 0 saturated carbocycles. The summed E-state index contributed by atoms with van der Waals surface area (Å²) < 4.78 is 17.4. The van der Waals surface area contributed by atoms with Crippen LogP contribution in [0.25, 0.3) is 11.5 Å². The van der Waals surface area contributed by atoms with Crippen LogP contribution in [0, 0.1) is 0 Å². The Balaban J connectivity index is 1.29. The van der Waals surface area contributed by atoms with Crippen LogP contribution < -0.4 is 9.47 Å². The van der Waals surface area contributed by atoms with Crippen LogP contribution in [0.1, 0.15) is 38.0 Å². The Morgan fingerprint density at radius 3 is 2.27 bits per heavy atom. The van der Waals surface area contributed by atoms with Crippen molar-refractivity contribution in [2.75, 3.05) is 39.6 Å². The fourth-order valence-electron chi connectivity index (χ4n) is 3.27. The van der Waals surface area contributed by atoms with Gasteiger partial charge in [0.1, 0.15) is 11.5 Å². The first-order valence-electron chi connectivity index (χ1n) is 11.7. The summed E-state index contributed by atoms with van der Waals surface area (Å²) in [6.45, 7) is 2.57. The van der Waals surface area contributed by atoms with Gasteiger partial charge in [-0.05, 0) is 69.9 Å². The monoisotopic (exact) mass is 469 g/mol. The lowest BCUT2D eigenvalue weighted by atomic mass is 10.1. The van der Waals surface area contributed by atoms with Gasteiger partial charge in [0.15, 0.2) is 0 Å². The molecule has 1 aromatic heterocycles. The molecule has 0 fully saturated rings. The Kier molecular flexibility index (Phi) is 11.1. The van der Waals surface area contributed by atoms with Gasteiger partial charge in [0, 0.05) is 11.3 Å².